The van der Waals surface area contributed by atoms with Crippen molar-refractivity contribution in [2.24, 2.45) is 0 Å². The number of para-hydroxylation sites is 6. The lowest BCUT2D eigenvalue weighted by Gasteiger charge is -2.38. The van der Waals surface area contributed by atoms with Gasteiger partial charge in [0.25, 0.3) is 13.4 Å². The van der Waals surface area contributed by atoms with Gasteiger partial charge in [-0.2, -0.15) is 0 Å². The smallest absolute Gasteiger partial charge is 0.252 e. The molecule has 0 radical (unpaired) electrons. The molecule has 27 rings (SSSR count). The Hall–Kier alpha value is -15.9. The van der Waals surface area contributed by atoms with E-state index in [1.54, 1.807) is 0 Å². The molecule has 0 amide bonds. The SMILES string of the molecule is c1ccc(-c2ccc(N(c3ccc(-c4ccccc4)cc3)c3c4c5ccccc5n5c4c4c6c3c3cccc(-c7ccccc7)c3n6-c3cc6c(cc3B4c3ccccc3-5)B3c4ccccc4-n4c5ccccc5c5c(N(c7ccc(-c8ccccc8)cc7)c7ccc(-c8ccccc8)cc7)c7c8cccc(-c9ccccc9)c8n-6c7c3c54)cc2)cc1. The Morgan fingerprint density at radius 3 is 0.795 bits per heavy atom. The molecule has 4 aliphatic heterocycles. The van der Waals surface area contributed by atoms with E-state index in [2.05, 4.69) is 453 Å². The molecule has 23 aromatic rings. The van der Waals surface area contributed by atoms with Crippen molar-refractivity contribution in [3.8, 4) is 89.5 Å². The van der Waals surface area contributed by atoms with Crippen LogP contribution in [0.5, 0.6) is 0 Å². The standard InChI is InChI=1S/C114H70B2N6/c1-7-29-71(30-8-1)75-53-61-81(62-54-75)117(82-63-55-76(56-64-82)72-31-9-2-10-32-72)109-101-87-41-19-23-49-95(87)119-97-51-25-21-47-91(97)115-93-69-94-100(70-99(93)121-107-85(79-37-15-5-16-38-79)43-27-45-89(107)103(109)113(121)105(115)111(101)119)122-108-86(80-39-17-6-18-40-80)44-28-46-90(108)104-110(102-88-42-20-24-50-96(88)120-98-52-26-22-48-92(98)116(94)106(112(102)120)114(104)122)118(83-65-57-77(58-66-83)73-33-11-3-12-34-73)84-67-59-78(60-68-84)74-35-13-4-14-36-74/h1-70H. The predicted molar refractivity (Wildman–Crippen MR) is 515 cm³/mol. The first-order chi connectivity index (χ1) is 60.6. The maximum absolute atomic E-state index is 2.78. The second-order valence-corrected chi connectivity index (χ2v) is 33.2. The van der Waals surface area contributed by atoms with E-state index < -0.39 is 0 Å². The Bertz CT molecular complexity index is 7670. The van der Waals surface area contributed by atoms with Gasteiger partial charge < -0.3 is 28.1 Å². The Morgan fingerprint density at radius 1 is 0.180 bits per heavy atom. The Balaban J connectivity index is 0.827. The summed E-state index contributed by atoms with van der Waals surface area (Å²) in [5.74, 6) is 0. The number of hydrogen-bond donors (Lipinski definition) is 0. The zero-order valence-electron chi connectivity index (χ0n) is 66.3. The zero-order valence-corrected chi connectivity index (χ0v) is 66.3. The van der Waals surface area contributed by atoms with E-state index >= 15 is 0 Å². The first kappa shape index (κ1) is 67.2. The van der Waals surface area contributed by atoms with Crippen LogP contribution in [-0.4, -0.2) is 31.7 Å². The van der Waals surface area contributed by atoms with Crippen molar-refractivity contribution >= 4 is 168 Å². The Kier molecular flexibility index (Phi) is 14.2. The minimum absolute atomic E-state index is 0.228. The van der Waals surface area contributed by atoms with Gasteiger partial charge in [0.1, 0.15) is 0 Å². The van der Waals surface area contributed by atoms with Crippen molar-refractivity contribution < 1.29 is 0 Å². The second kappa shape index (κ2) is 25.8. The van der Waals surface area contributed by atoms with Crippen molar-refractivity contribution in [2.45, 2.75) is 0 Å². The number of rotatable bonds is 12. The van der Waals surface area contributed by atoms with Gasteiger partial charge >= 0.3 is 0 Å². The van der Waals surface area contributed by atoms with Crippen LogP contribution in [0, 0.1) is 0 Å². The second-order valence-electron chi connectivity index (χ2n) is 33.2. The Morgan fingerprint density at radius 2 is 0.451 bits per heavy atom. The van der Waals surface area contributed by atoms with E-state index in [-0.39, 0.29) is 13.4 Å². The Labute approximate surface area is 705 Å². The average Bonchev–Trinajstić information content (AvgIpc) is 1.48. The van der Waals surface area contributed by atoms with E-state index in [0.29, 0.717) is 0 Å². The molecule has 0 bridgehead atoms. The molecule has 8 heteroatoms. The summed E-state index contributed by atoms with van der Waals surface area (Å²) in [5.41, 5.74) is 42.5. The third kappa shape index (κ3) is 9.35. The van der Waals surface area contributed by atoms with Crippen LogP contribution < -0.4 is 42.6 Å². The number of nitrogens with zero attached hydrogens (tertiary/aromatic N) is 6. The van der Waals surface area contributed by atoms with E-state index in [1.807, 2.05) is 0 Å². The maximum Gasteiger partial charge on any atom is 0.252 e. The van der Waals surface area contributed by atoms with Crippen molar-refractivity contribution in [1.82, 2.24) is 18.3 Å². The summed E-state index contributed by atoms with van der Waals surface area (Å²) in [6, 6.07) is 160. The number of hydrogen-bond acceptors (Lipinski definition) is 2. The first-order valence-corrected chi connectivity index (χ1v) is 42.5. The van der Waals surface area contributed by atoms with Crippen LogP contribution in [0.15, 0.2) is 425 Å². The van der Waals surface area contributed by atoms with Gasteiger partial charge in [-0.1, -0.05) is 346 Å². The summed E-state index contributed by atoms with van der Waals surface area (Å²) < 4.78 is 10.9. The molecule has 0 aliphatic carbocycles. The fourth-order valence-corrected chi connectivity index (χ4v) is 22.1. The van der Waals surface area contributed by atoms with E-state index in [0.717, 1.165) is 78.9 Å². The summed E-state index contributed by atoms with van der Waals surface area (Å²) in [6.07, 6.45) is 0. The highest BCUT2D eigenvalue weighted by atomic mass is 15.2. The average molecular weight is 1550 g/mol. The summed E-state index contributed by atoms with van der Waals surface area (Å²) in [5, 5.41) is 9.61. The number of anilines is 6. The van der Waals surface area contributed by atoms with Crippen LogP contribution in [-0.2, 0) is 0 Å². The van der Waals surface area contributed by atoms with E-state index in [4.69, 9.17) is 0 Å². The quantitative estimate of drug-likeness (QED) is 0.114. The molecule has 0 spiro atoms. The largest absolute Gasteiger partial charge is 0.310 e. The summed E-state index contributed by atoms with van der Waals surface area (Å²) in [4.78, 5) is 5.24. The fourth-order valence-electron chi connectivity index (χ4n) is 22.1. The number of benzene rings is 19. The van der Waals surface area contributed by atoms with Crippen LogP contribution in [0.25, 0.3) is 177 Å². The highest BCUT2D eigenvalue weighted by Gasteiger charge is 2.49. The van der Waals surface area contributed by atoms with Crippen molar-refractivity contribution in [3.05, 3.63) is 425 Å². The molecule has 4 aromatic heterocycles. The fraction of sp³-hybridized carbons (Fsp3) is 0. The molecule has 19 aromatic carbocycles. The summed E-state index contributed by atoms with van der Waals surface area (Å²) >= 11 is 0. The van der Waals surface area contributed by atoms with Gasteiger partial charge in [0, 0.05) is 99.7 Å². The zero-order chi connectivity index (χ0) is 79.5. The molecule has 8 heterocycles. The lowest BCUT2D eigenvalue weighted by Crippen LogP contribution is -2.63. The molecule has 562 valence electrons. The molecule has 4 aliphatic rings. The van der Waals surface area contributed by atoms with Gasteiger partial charge in [-0.05, 0) is 167 Å². The van der Waals surface area contributed by atoms with Crippen LogP contribution in [0.3, 0.4) is 0 Å². The molecule has 122 heavy (non-hydrogen) atoms. The lowest BCUT2D eigenvalue weighted by molar-refractivity contribution is 1.14. The van der Waals surface area contributed by atoms with Gasteiger partial charge in [-0.3, -0.25) is 0 Å². The van der Waals surface area contributed by atoms with E-state index in [1.165, 1.54) is 165 Å². The molecular weight excluding hydrogens is 1470 g/mol. The van der Waals surface area contributed by atoms with Gasteiger partial charge in [-0.25, -0.2) is 0 Å². The maximum atomic E-state index is 2.78. The minimum Gasteiger partial charge on any atom is -0.310 e. The molecular formula is C114H70B2N6. The monoisotopic (exact) mass is 1540 g/mol. The third-order valence-electron chi connectivity index (χ3n) is 27.1. The topological polar surface area (TPSA) is 26.2 Å². The first-order valence-electron chi connectivity index (χ1n) is 42.5. The molecule has 6 nitrogen and oxygen atoms in total. The molecule has 0 saturated carbocycles. The van der Waals surface area contributed by atoms with Gasteiger partial charge in [0.2, 0.25) is 0 Å². The van der Waals surface area contributed by atoms with Crippen molar-refractivity contribution in [3.63, 3.8) is 0 Å². The van der Waals surface area contributed by atoms with Crippen molar-refractivity contribution in [2.75, 3.05) is 9.80 Å². The molecule has 0 atom stereocenters. The highest BCUT2D eigenvalue weighted by Crippen LogP contribution is 2.57. The number of fused-ring (bicyclic) bond motifs is 24. The van der Waals surface area contributed by atoms with Gasteiger partial charge in [0.15, 0.2) is 0 Å². The molecule has 0 fully saturated rings. The summed E-state index contributed by atoms with van der Waals surface area (Å²) in [6.45, 7) is -0.456. The third-order valence-corrected chi connectivity index (χ3v) is 27.1. The van der Waals surface area contributed by atoms with Crippen LogP contribution >= 0.6 is 0 Å². The summed E-state index contributed by atoms with van der Waals surface area (Å²) in [7, 11) is 0. The van der Waals surface area contributed by atoms with Crippen LogP contribution in [0.2, 0.25) is 0 Å². The lowest BCUT2D eigenvalue weighted by atomic mass is 9.31. The number of aromatic nitrogens is 4. The van der Waals surface area contributed by atoms with E-state index in [9.17, 15) is 0 Å². The minimum atomic E-state index is -0.228. The van der Waals surface area contributed by atoms with Crippen molar-refractivity contribution in [1.29, 1.82) is 0 Å². The van der Waals surface area contributed by atoms with Crippen LogP contribution in [0.1, 0.15) is 0 Å². The van der Waals surface area contributed by atoms with Gasteiger partial charge in [-0.15, -0.1) is 0 Å². The molecule has 0 saturated heterocycles. The predicted octanol–water partition coefficient (Wildman–Crippen LogP) is 25.3. The van der Waals surface area contributed by atoms with Gasteiger partial charge in [0.05, 0.1) is 55.5 Å². The molecule has 0 unspecified atom stereocenters. The highest BCUT2D eigenvalue weighted by molar-refractivity contribution is 7.03. The van der Waals surface area contributed by atoms with Crippen LogP contribution in [0.4, 0.5) is 34.1 Å². The molecule has 0 N–H and O–H groups in total. The normalized spacial score (nSPS) is 12.6.